The monoisotopic (exact) mass is 269 g/mol. The Bertz CT molecular complexity index is 467. The number of rotatable bonds is 6. The van der Waals surface area contributed by atoms with E-state index in [9.17, 15) is 0 Å². The second-order valence-electron chi connectivity index (χ2n) is 5.19. The van der Waals surface area contributed by atoms with Gasteiger partial charge in [-0.05, 0) is 48.1 Å². The predicted molar refractivity (Wildman–Crippen MR) is 84.2 cm³/mol. The van der Waals surface area contributed by atoms with Crippen molar-refractivity contribution < 1.29 is 4.74 Å². The molecule has 0 bridgehead atoms. The summed E-state index contributed by atoms with van der Waals surface area (Å²) < 4.78 is 5.16. The van der Waals surface area contributed by atoms with Crippen LogP contribution >= 0.6 is 0 Å². The first kappa shape index (κ1) is 14.6. The number of ether oxygens (including phenoxy) is 1. The zero-order valence-electron chi connectivity index (χ0n) is 12.3. The average molecular weight is 269 g/mol. The van der Waals surface area contributed by atoms with Crippen LogP contribution in [0.5, 0.6) is 5.75 Å². The lowest BCUT2D eigenvalue weighted by Gasteiger charge is -2.12. The molecule has 0 aliphatic carbocycles. The van der Waals surface area contributed by atoms with E-state index in [0.717, 1.165) is 25.0 Å². The summed E-state index contributed by atoms with van der Waals surface area (Å²) in [5, 5.41) is 0. The molecule has 0 saturated heterocycles. The van der Waals surface area contributed by atoms with E-state index in [4.69, 9.17) is 10.5 Å². The Hall–Kier alpha value is -1.80. The van der Waals surface area contributed by atoms with Gasteiger partial charge in [-0.1, -0.05) is 43.3 Å². The molecule has 2 rings (SSSR count). The van der Waals surface area contributed by atoms with Crippen LogP contribution in [-0.2, 0) is 19.3 Å². The third kappa shape index (κ3) is 4.10. The van der Waals surface area contributed by atoms with Crippen LogP contribution in [0.1, 0.15) is 23.6 Å². The molecule has 0 aromatic heterocycles. The third-order valence-corrected chi connectivity index (χ3v) is 3.59. The molecule has 0 spiro atoms. The molecular weight excluding hydrogens is 246 g/mol. The molecule has 0 aliphatic rings. The molecule has 0 saturated carbocycles. The number of benzene rings is 2. The standard InChI is InChI=1S/C18H23NO/c1-3-14-4-6-15(7-5-14)12-17(19)13-16-8-10-18(20-2)11-9-16/h4-11,17H,3,12-13,19H2,1-2H3. The molecule has 106 valence electrons. The lowest BCUT2D eigenvalue weighted by atomic mass is 9.99. The number of methoxy groups -OCH3 is 1. The highest BCUT2D eigenvalue weighted by Gasteiger charge is 2.06. The Balaban J connectivity index is 1.91. The minimum Gasteiger partial charge on any atom is -0.497 e. The van der Waals surface area contributed by atoms with Gasteiger partial charge < -0.3 is 10.5 Å². The molecule has 0 heterocycles. The van der Waals surface area contributed by atoms with Crippen molar-refractivity contribution in [3.63, 3.8) is 0 Å². The van der Waals surface area contributed by atoms with Gasteiger partial charge in [-0.3, -0.25) is 0 Å². The smallest absolute Gasteiger partial charge is 0.118 e. The highest BCUT2D eigenvalue weighted by atomic mass is 16.5. The van der Waals surface area contributed by atoms with Gasteiger partial charge in [-0.15, -0.1) is 0 Å². The van der Waals surface area contributed by atoms with Gasteiger partial charge in [0, 0.05) is 6.04 Å². The summed E-state index contributed by atoms with van der Waals surface area (Å²) in [6, 6.07) is 17.0. The molecule has 0 amide bonds. The highest BCUT2D eigenvalue weighted by Crippen LogP contribution is 2.14. The maximum absolute atomic E-state index is 6.25. The lowest BCUT2D eigenvalue weighted by Crippen LogP contribution is -2.25. The number of nitrogens with two attached hydrogens (primary N) is 1. The Morgan fingerprint density at radius 3 is 1.75 bits per heavy atom. The van der Waals surface area contributed by atoms with Crippen LogP contribution in [-0.4, -0.2) is 13.2 Å². The van der Waals surface area contributed by atoms with Crippen LogP contribution in [0.3, 0.4) is 0 Å². The van der Waals surface area contributed by atoms with E-state index in [-0.39, 0.29) is 6.04 Å². The second kappa shape index (κ2) is 7.11. The van der Waals surface area contributed by atoms with E-state index in [1.54, 1.807) is 7.11 Å². The molecular formula is C18H23NO. The fraction of sp³-hybridized carbons (Fsp3) is 0.333. The van der Waals surface area contributed by atoms with Crippen molar-refractivity contribution in [1.29, 1.82) is 0 Å². The zero-order chi connectivity index (χ0) is 14.4. The summed E-state index contributed by atoms with van der Waals surface area (Å²) in [6.07, 6.45) is 2.88. The van der Waals surface area contributed by atoms with Crippen LogP contribution in [0.4, 0.5) is 0 Å². The fourth-order valence-electron chi connectivity index (χ4n) is 2.35. The van der Waals surface area contributed by atoms with Crippen LogP contribution in [0.15, 0.2) is 48.5 Å². The van der Waals surface area contributed by atoms with E-state index >= 15 is 0 Å². The van der Waals surface area contributed by atoms with Gasteiger partial charge in [0.05, 0.1) is 7.11 Å². The summed E-state index contributed by atoms with van der Waals surface area (Å²) in [6.45, 7) is 2.17. The Kier molecular flexibility index (Phi) is 5.19. The van der Waals surface area contributed by atoms with E-state index in [0.29, 0.717) is 0 Å². The van der Waals surface area contributed by atoms with Crippen molar-refractivity contribution in [1.82, 2.24) is 0 Å². The minimum absolute atomic E-state index is 0.149. The van der Waals surface area contributed by atoms with Crippen LogP contribution in [0.2, 0.25) is 0 Å². The SMILES string of the molecule is CCc1ccc(CC(N)Cc2ccc(OC)cc2)cc1. The van der Waals surface area contributed by atoms with Gasteiger partial charge in [-0.2, -0.15) is 0 Å². The molecule has 1 atom stereocenters. The second-order valence-corrected chi connectivity index (χ2v) is 5.19. The molecule has 2 aromatic rings. The van der Waals surface area contributed by atoms with Gasteiger partial charge in [0.2, 0.25) is 0 Å². The maximum atomic E-state index is 6.25. The number of hydrogen-bond donors (Lipinski definition) is 1. The molecule has 20 heavy (non-hydrogen) atoms. The minimum atomic E-state index is 0.149. The van der Waals surface area contributed by atoms with Gasteiger partial charge in [0.15, 0.2) is 0 Å². The first-order valence-corrected chi connectivity index (χ1v) is 7.17. The molecule has 0 aliphatic heterocycles. The molecule has 0 fully saturated rings. The Morgan fingerprint density at radius 1 is 0.850 bits per heavy atom. The normalized spacial score (nSPS) is 12.2. The number of aryl methyl sites for hydroxylation is 1. The maximum Gasteiger partial charge on any atom is 0.118 e. The summed E-state index contributed by atoms with van der Waals surface area (Å²) in [7, 11) is 1.68. The average Bonchev–Trinajstić information content (AvgIpc) is 2.49. The fourth-order valence-corrected chi connectivity index (χ4v) is 2.35. The van der Waals surface area contributed by atoms with Crippen LogP contribution in [0.25, 0.3) is 0 Å². The van der Waals surface area contributed by atoms with E-state index in [1.807, 2.05) is 12.1 Å². The van der Waals surface area contributed by atoms with Gasteiger partial charge in [0.1, 0.15) is 5.75 Å². The zero-order valence-corrected chi connectivity index (χ0v) is 12.3. The number of hydrogen-bond acceptors (Lipinski definition) is 2. The topological polar surface area (TPSA) is 35.2 Å². The Labute approximate surface area is 121 Å². The third-order valence-electron chi connectivity index (χ3n) is 3.59. The first-order chi connectivity index (χ1) is 9.71. The van der Waals surface area contributed by atoms with E-state index < -0.39 is 0 Å². The molecule has 2 heteroatoms. The van der Waals surface area contributed by atoms with Crippen molar-refractivity contribution in [2.75, 3.05) is 7.11 Å². The summed E-state index contributed by atoms with van der Waals surface area (Å²) >= 11 is 0. The summed E-state index contributed by atoms with van der Waals surface area (Å²) in [5.74, 6) is 0.887. The Morgan fingerprint density at radius 2 is 1.30 bits per heavy atom. The van der Waals surface area contributed by atoms with Gasteiger partial charge in [-0.25, -0.2) is 0 Å². The van der Waals surface area contributed by atoms with Gasteiger partial charge >= 0.3 is 0 Å². The molecule has 2 nitrogen and oxygen atoms in total. The van der Waals surface area contributed by atoms with Crippen LogP contribution in [0, 0.1) is 0 Å². The lowest BCUT2D eigenvalue weighted by molar-refractivity contribution is 0.414. The summed E-state index contributed by atoms with van der Waals surface area (Å²) in [5.41, 5.74) is 10.2. The van der Waals surface area contributed by atoms with Crippen molar-refractivity contribution in [2.24, 2.45) is 5.73 Å². The predicted octanol–water partition coefficient (Wildman–Crippen LogP) is 3.37. The van der Waals surface area contributed by atoms with Crippen molar-refractivity contribution in [3.05, 3.63) is 65.2 Å². The summed E-state index contributed by atoms with van der Waals surface area (Å²) in [4.78, 5) is 0. The molecule has 2 aromatic carbocycles. The van der Waals surface area contributed by atoms with E-state index in [2.05, 4.69) is 43.3 Å². The van der Waals surface area contributed by atoms with Crippen LogP contribution < -0.4 is 10.5 Å². The molecule has 2 N–H and O–H groups in total. The molecule has 1 unspecified atom stereocenters. The van der Waals surface area contributed by atoms with Crippen molar-refractivity contribution >= 4 is 0 Å². The largest absolute Gasteiger partial charge is 0.497 e. The van der Waals surface area contributed by atoms with E-state index in [1.165, 1.54) is 16.7 Å². The highest BCUT2D eigenvalue weighted by molar-refractivity contribution is 5.28. The first-order valence-electron chi connectivity index (χ1n) is 7.17. The van der Waals surface area contributed by atoms with Crippen molar-refractivity contribution in [2.45, 2.75) is 32.2 Å². The van der Waals surface area contributed by atoms with Crippen molar-refractivity contribution in [3.8, 4) is 5.75 Å². The molecule has 0 radical (unpaired) electrons. The van der Waals surface area contributed by atoms with Gasteiger partial charge in [0.25, 0.3) is 0 Å². The quantitative estimate of drug-likeness (QED) is 0.872.